The quantitative estimate of drug-likeness (QED) is 0.856. The Kier molecular flexibility index (Phi) is 3.69. The highest BCUT2D eigenvalue weighted by Gasteiger charge is 2.14. The monoisotopic (exact) mass is 257 g/mol. The lowest BCUT2D eigenvalue weighted by Gasteiger charge is -2.06. The number of benzene rings is 1. The average molecular weight is 257 g/mol. The zero-order valence-corrected chi connectivity index (χ0v) is 11.6. The number of carbonyl (C=O) groups excluding carboxylic acids is 1. The SMILES string of the molecule is CC(C)c1ccc(CC(=O)c2cnn(C)c2N)cc1. The molecule has 0 radical (unpaired) electrons. The molecule has 0 fully saturated rings. The van der Waals surface area contributed by atoms with Crippen LogP contribution in [0.25, 0.3) is 0 Å². The van der Waals surface area contributed by atoms with E-state index in [9.17, 15) is 4.79 Å². The molecule has 0 amide bonds. The van der Waals surface area contributed by atoms with Crippen molar-refractivity contribution in [3.63, 3.8) is 0 Å². The number of nitrogens with zero attached hydrogens (tertiary/aromatic N) is 2. The molecule has 0 unspecified atom stereocenters. The van der Waals surface area contributed by atoms with Crippen LogP contribution in [-0.4, -0.2) is 15.6 Å². The minimum Gasteiger partial charge on any atom is -0.383 e. The summed E-state index contributed by atoms with van der Waals surface area (Å²) in [6.45, 7) is 4.30. The maximum atomic E-state index is 12.1. The van der Waals surface area contributed by atoms with Gasteiger partial charge in [0, 0.05) is 13.5 Å². The molecule has 1 heterocycles. The van der Waals surface area contributed by atoms with E-state index in [4.69, 9.17) is 5.73 Å². The molecule has 0 atom stereocenters. The predicted octanol–water partition coefficient (Wildman–Crippen LogP) is 2.55. The summed E-state index contributed by atoms with van der Waals surface area (Å²) < 4.78 is 1.51. The van der Waals surface area contributed by atoms with Gasteiger partial charge in [0.1, 0.15) is 5.82 Å². The molecule has 1 aromatic carbocycles. The zero-order chi connectivity index (χ0) is 14.0. The molecule has 2 aromatic rings. The maximum Gasteiger partial charge on any atom is 0.172 e. The van der Waals surface area contributed by atoms with Crippen molar-refractivity contribution in [1.82, 2.24) is 9.78 Å². The van der Waals surface area contributed by atoms with E-state index in [1.54, 1.807) is 7.05 Å². The van der Waals surface area contributed by atoms with E-state index in [0.717, 1.165) is 5.56 Å². The first-order valence-electron chi connectivity index (χ1n) is 6.38. The van der Waals surface area contributed by atoms with Crippen molar-refractivity contribution in [2.45, 2.75) is 26.2 Å². The number of rotatable bonds is 4. The topological polar surface area (TPSA) is 60.9 Å². The van der Waals surface area contributed by atoms with Gasteiger partial charge in [0.05, 0.1) is 11.8 Å². The number of ketones is 1. The normalized spacial score (nSPS) is 10.9. The molecular weight excluding hydrogens is 238 g/mol. The molecular formula is C15H19N3O. The Hall–Kier alpha value is -2.10. The van der Waals surface area contributed by atoms with Crippen molar-refractivity contribution in [3.05, 3.63) is 47.2 Å². The van der Waals surface area contributed by atoms with Crippen molar-refractivity contribution in [2.24, 2.45) is 7.05 Å². The van der Waals surface area contributed by atoms with Crippen LogP contribution in [0.3, 0.4) is 0 Å². The van der Waals surface area contributed by atoms with Gasteiger partial charge in [0.2, 0.25) is 0 Å². The van der Waals surface area contributed by atoms with Crippen LogP contribution >= 0.6 is 0 Å². The largest absolute Gasteiger partial charge is 0.383 e. The highest BCUT2D eigenvalue weighted by atomic mass is 16.1. The number of hydrogen-bond donors (Lipinski definition) is 1. The second-order valence-corrected chi connectivity index (χ2v) is 5.06. The van der Waals surface area contributed by atoms with Crippen LogP contribution in [0.4, 0.5) is 5.82 Å². The van der Waals surface area contributed by atoms with Gasteiger partial charge in [-0.1, -0.05) is 38.1 Å². The third-order valence-electron chi connectivity index (χ3n) is 3.30. The number of nitrogen functional groups attached to an aromatic ring is 1. The molecule has 0 saturated carbocycles. The molecule has 1 aromatic heterocycles. The fourth-order valence-electron chi connectivity index (χ4n) is 1.96. The van der Waals surface area contributed by atoms with Crippen LogP contribution in [0.1, 0.15) is 41.3 Å². The van der Waals surface area contributed by atoms with Crippen LogP contribution < -0.4 is 5.73 Å². The van der Waals surface area contributed by atoms with E-state index >= 15 is 0 Å². The van der Waals surface area contributed by atoms with Crippen LogP contribution in [0, 0.1) is 0 Å². The average Bonchev–Trinajstić information content (AvgIpc) is 2.70. The molecule has 0 aliphatic heterocycles. The van der Waals surface area contributed by atoms with E-state index in [1.807, 2.05) is 12.1 Å². The van der Waals surface area contributed by atoms with Gasteiger partial charge in [0.25, 0.3) is 0 Å². The van der Waals surface area contributed by atoms with Gasteiger partial charge in [0.15, 0.2) is 5.78 Å². The summed E-state index contributed by atoms with van der Waals surface area (Å²) in [5, 5.41) is 3.99. The first-order chi connectivity index (χ1) is 8.99. The molecule has 19 heavy (non-hydrogen) atoms. The summed E-state index contributed by atoms with van der Waals surface area (Å²) >= 11 is 0. The number of Topliss-reactive ketones (excluding diaryl/α,β-unsaturated/α-hetero) is 1. The Morgan fingerprint density at radius 2 is 1.95 bits per heavy atom. The molecule has 4 heteroatoms. The molecule has 0 spiro atoms. The Morgan fingerprint density at radius 3 is 2.42 bits per heavy atom. The van der Waals surface area contributed by atoms with E-state index in [2.05, 4.69) is 31.1 Å². The zero-order valence-electron chi connectivity index (χ0n) is 11.6. The number of aromatic nitrogens is 2. The smallest absolute Gasteiger partial charge is 0.172 e. The number of anilines is 1. The first kappa shape index (κ1) is 13.3. The van der Waals surface area contributed by atoms with Crippen molar-refractivity contribution in [1.29, 1.82) is 0 Å². The van der Waals surface area contributed by atoms with E-state index in [-0.39, 0.29) is 5.78 Å². The molecule has 0 saturated heterocycles. The molecule has 4 nitrogen and oxygen atoms in total. The lowest BCUT2D eigenvalue weighted by molar-refractivity contribution is 0.0994. The van der Waals surface area contributed by atoms with Crippen molar-refractivity contribution >= 4 is 11.6 Å². The number of hydrogen-bond acceptors (Lipinski definition) is 3. The van der Waals surface area contributed by atoms with Crippen molar-refractivity contribution in [3.8, 4) is 0 Å². The van der Waals surface area contributed by atoms with Crippen LogP contribution in [0.5, 0.6) is 0 Å². The van der Waals surface area contributed by atoms with Gasteiger partial charge >= 0.3 is 0 Å². The molecule has 100 valence electrons. The number of carbonyl (C=O) groups is 1. The van der Waals surface area contributed by atoms with E-state index in [0.29, 0.717) is 23.7 Å². The summed E-state index contributed by atoms with van der Waals surface area (Å²) in [5.74, 6) is 0.922. The minimum absolute atomic E-state index is 0.00268. The molecule has 0 bridgehead atoms. The Labute approximate surface area is 113 Å². The van der Waals surface area contributed by atoms with Crippen LogP contribution in [0.15, 0.2) is 30.5 Å². The first-order valence-corrected chi connectivity index (χ1v) is 6.38. The summed E-state index contributed by atoms with van der Waals surface area (Å²) in [6.07, 6.45) is 1.88. The van der Waals surface area contributed by atoms with Gasteiger partial charge in [-0.05, 0) is 17.0 Å². The summed E-state index contributed by atoms with van der Waals surface area (Å²) in [4.78, 5) is 12.1. The fraction of sp³-hybridized carbons (Fsp3) is 0.333. The van der Waals surface area contributed by atoms with Crippen molar-refractivity contribution in [2.75, 3.05) is 5.73 Å². The Morgan fingerprint density at radius 1 is 1.32 bits per heavy atom. The molecule has 0 aliphatic rings. The van der Waals surface area contributed by atoms with Crippen LogP contribution in [-0.2, 0) is 13.5 Å². The third-order valence-corrected chi connectivity index (χ3v) is 3.30. The number of nitrogens with two attached hydrogens (primary N) is 1. The Balaban J connectivity index is 2.13. The van der Waals surface area contributed by atoms with Gasteiger partial charge in [-0.25, -0.2) is 0 Å². The number of aryl methyl sites for hydroxylation is 1. The van der Waals surface area contributed by atoms with Gasteiger partial charge in [-0.2, -0.15) is 5.10 Å². The standard InChI is InChI=1S/C15H19N3O/c1-10(2)12-6-4-11(5-7-12)8-14(19)13-9-17-18(3)15(13)16/h4-7,9-10H,8,16H2,1-3H3. The lowest BCUT2D eigenvalue weighted by Crippen LogP contribution is -2.07. The third kappa shape index (κ3) is 2.84. The van der Waals surface area contributed by atoms with E-state index in [1.165, 1.54) is 16.4 Å². The van der Waals surface area contributed by atoms with Crippen molar-refractivity contribution < 1.29 is 4.79 Å². The fourth-order valence-corrected chi connectivity index (χ4v) is 1.96. The van der Waals surface area contributed by atoms with Gasteiger partial charge < -0.3 is 5.73 Å². The second kappa shape index (κ2) is 5.26. The predicted molar refractivity (Wildman–Crippen MR) is 76.2 cm³/mol. The maximum absolute atomic E-state index is 12.1. The van der Waals surface area contributed by atoms with Gasteiger partial charge in [-0.15, -0.1) is 0 Å². The summed E-state index contributed by atoms with van der Waals surface area (Å²) in [6, 6.07) is 8.14. The second-order valence-electron chi connectivity index (χ2n) is 5.06. The minimum atomic E-state index is 0.00268. The molecule has 2 rings (SSSR count). The van der Waals surface area contributed by atoms with E-state index < -0.39 is 0 Å². The summed E-state index contributed by atoms with van der Waals surface area (Å²) in [7, 11) is 1.73. The lowest BCUT2D eigenvalue weighted by atomic mass is 9.99. The highest BCUT2D eigenvalue weighted by molar-refractivity contribution is 6.01. The summed E-state index contributed by atoms with van der Waals surface area (Å²) in [5.41, 5.74) is 8.57. The molecule has 2 N–H and O–H groups in total. The molecule has 0 aliphatic carbocycles. The Bertz CT molecular complexity index is 582. The highest BCUT2D eigenvalue weighted by Crippen LogP contribution is 2.17. The van der Waals surface area contributed by atoms with Gasteiger partial charge in [-0.3, -0.25) is 9.48 Å². The van der Waals surface area contributed by atoms with Crippen LogP contribution in [0.2, 0.25) is 0 Å².